The number of carbonyl (C=O) groups is 4. The molecule has 0 radical (unpaired) electrons. The van der Waals surface area contributed by atoms with E-state index >= 15 is 0 Å². The van der Waals surface area contributed by atoms with Gasteiger partial charge in [-0.3, -0.25) is 19.2 Å². The van der Waals surface area contributed by atoms with E-state index in [-0.39, 0.29) is 29.3 Å². The summed E-state index contributed by atoms with van der Waals surface area (Å²) >= 11 is 12.0. The lowest BCUT2D eigenvalue weighted by Gasteiger charge is -2.36. The number of imide groups is 1. The molecule has 1 saturated heterocycles. The zero-order valence-electron chi connectivity index (χ0n) is 18.9. The Morgan fingerprint density at radius 2 is 1.69 bits per heavy atom. The van der Waals surface area contributed by atoms with Crippen LogP contribution >= 0.6 is 23.2 Å². The largest absolute Gasteiger partial charge is 0.292 e. The Kier molecular flexibility index (Phi) is 7.38. The minimum atomic E-state index is -1.27. The first-order valence-electron chi connectivity index (χ1n) is 11.2. The minimum Gasteiger partial charge on any atom is -0.292 e. The van der Waals surface area contributed by atoms with Crippen molar-refractivity contribution in [2.45, 2.75) is 25.8 Å². The van der Waals surface area contributed by atoms with Crippen molar-refractivity contribution < 1.29 is 23.6 Å². The van der Waals surface area contributed by atoms with Crippen LogP contribution in [-0.4, -0.2) is 45.4 Å². The first-order valence-corrected chi connectivity index (χ1v) is 12.1. The van der Waals surface area contributed by atoms with Gasteiger partial charge in [0.15, 0.2) is 5.78 Å². The van der Waals surface area contributed by atoms with Crippen LogP contribution in [0, 0.1) is 23.6 Å². The number of halogens is 3. The molecule has 0 unspecified atom stereocenters. The molecule has 2 aliphatic rings. The second-order valence-corrected chi connectivity index (χ2v) is 9.48. The molecule has 1 fully saturated rings. The van der Waals surface area contributed by atoms with Crippen molar-refractivity contribution in [3.63, 3.8) is 0 Å². The molecule has 3 amide bonds. The lowest BCUT2D eigenvalue weighted by Crippen LogP contribution is -2.57. The van der Waals surface area contributed by atoms with Crippen LogP contribution in [0.5, 0.6) is 0 Å². The van der Waals surface area contributed by atoms with E-state index in [1.807, 2.05) is 19.1 Å². The van der Waals surface area contributed by atoms with Crippen molar-refractivity contribution in [1.29, 1.82) is 0 Å². The first kappa shape index (κ1) is 25.1. The van der Waals surface area contributed by atoms with Crippen LogP contribution in [0.15, 0.2) is 60.7 Å². The molecule has 9 heteroatoms. The molecule has 35 heavy (non-hydrogen) atoms. The standard InChI is InChI=1S/C26H23Cl2FN2O4/c1-15-3-2-4-20-22(15)26(35)31(25(20)34)30(24(33)17-5-9-18(28)10-6-17)21(13-14-27)23(32)16-7-11-19(29)12-8-16/h2-3,5-12,15,20-22H,4,13-14H2,1H3/t15-,20+,21-,22-/m1/s1. The van der Waals surface area contributed by atoms with E-state index < -0.39 is 47.2 Å². The highest BCUT2D eigenvalue weighted by atomic mass is 35.5. The highest BCUT2D eigenvalue weighted by molar-refractivity contribution is 6.30. The van der Waals surface area contributed by atoms with E-state index in [9.17, 15) is 23.6 Å². The number of fused-ring (bicyclic) bond motifs is 1. The lowest BCUT2D eigenvalue weighted by atomic mass is 9.78. The Labute approximate surface area is 212 Å². The van der Waals surface area contributed by atoms with Crippen LogP contribution in [0.2, 0.25) is 5.02 Å². The molecule has 0 spiro atoms. The van der Waals surface area contributed by atoms with Crippen molar-refractivity contribution in [2.75, 3.05) is 5.88 Å². The van der Waals surface area contributed by atoms with Gasteiger partial charge in [-0.1, -0.05) is 30.7 Å². The van der Waals surface area contributed by atoms with E-state index in [1.54, 1.807) is 0 Å². The van der Waals surface area contributed by atoms with Crippen LogP contribution in [0.1, 0.15) is 40.5 Å². The van der Waals surface area contributed by atoms with E-state index in [1.165, 1.54) is 36.4 Å². The molecule has 4 atom stereocenters. The minimum absolute atomic E-state index is 0.0248. The normalized spacial score (nSPS) is 22.2. The summed E-state index contributed by atoms with van der Waals surface area (Å²) in [6, 6.07) is 9.51. The van der Waals surface area contributed by atoms with Crippen molar-refractivity contribution in [1.82, 2.24) is 10.0 Å². The maximum Gasteiger partial charge on any atom is 0.273 e. The summed E-state index contributed by atoms with van der Waals surface area (Å²) in [6.07, 6.45) is 4.06. The summed E-state index contributed by atoms with van der Waals surface area (Å²) in [7, 11) is 0. The number of Topliss-reactive ketones (excluding diaryl/α,β-unsaturated/α-hetero) is 1. The third-order valence-electron chi connectivity index (χ3n) is 6.47. The van der Waals surface area contributed by atoms with Gasteiger partial charge in [-0.25, -0.2) is 9.40 Å². The Morgan fingerprint density at radius 1 is 1.06 bits per heavy atom. The fourth-order valence-electron chi connectivity index (χ4n) is 4.71. The lowest BCUT2D eigenvalue weighted by molar-refractivity contribution is -0.156. The predicted molar refractivity (Wildman–Crippen MR) is 129 cm³/mol. The Morgan fingerprint density at radius 3 is 2.29 bits per heavy atom. The van der Waals surface area contributed by atoms with Gasteiger partial charge in [0, 0.05) is 22.0 Å². The number of rotatable bonds is 7. The predicted octanol–water partition coefficient (Wildman–Crippen LogP) is 4.91. The summed E-state index contributed by atoms with van der Waals surface area (Å²) in [6.45, 7) is 1.84. The number of hydrazine groups is 1. The fraction of sp³-hybridized carbons (Fsp3) is 0.308. The van der Waals surface area contributed by atoms with E-state index in [0.717, 1.165) is 22.2 Å². The van der Waals surface area contributed by atoms with Crippen molar-refractivity contribution in [3.05, 3.63) is 82.6 Å². The highest BCUT2D eigenvalue weighted by Gasteiger charge is 2.54. The summed E-state index contributed by atoms with van der Waals surface area (Å²) in [5.41, 5.74) is 0.268. The number of carbonyl (C=O) groups excluding carboxylic acids is 4. The molecule has 4 rings (SSSR count). The van der Waals surface area contributed by atoms with E-state index in [4.69, 9.17) is 23.2 Å². The molecule has 1 aliphatic heterocycles. The molecule has 6 nitrogen and oxygen atoms in total. The average Bonchev–Trinajstić information content (AvgIpc) is 3.10. The Hall–Kier alpha value is -3.03. The maximum absolute atomic E-state index is 13.8. The van der Waals surface area contributed by atoms with Crippen molar-refractivity contribution >= 4 is 46.7 Å². The van der Waals surface area contributed by atoms with Crippen LogP contribution < -0.4 is 0 Å². The number of benzene rings is 2. The van der Waals surface area contributed by atoms with Gasteiger partial charge in [-0.05, 0) is 67.3 Å². The highest BCUT2D eigenvalue weighted by Crippen LogP contribution is 2.40. The summed E-state index contributed by atoms with van der Waals surface area (Å²) in [4.78, 5) is 54.4. The van der Waals surface area contributed by atoms with Gasteiger partial charge in [0.25, 0.3) is 17.7 Å². The zero-order chi connectivity index (χ0) is 25.3. The third kappa shape index (κ3) is 4.75. The Balaban J connectivity index is 1.81. The third-order valence-corrected chi connectivity index (χ3v) is 6.94. The maximum atomic E-state index is 13.8. The molecule has 1 heterocycles. The number of allylic oxidation sites excluding steroid dienone is 2. The summed E-state index contributed by atoms with van der Waals surface area (Å²) < 4.78 is 13.5. The van der Waals surface area contributed by atoms with E-state index in [2.05, 4.69) is 0 Å². The average molecular weight is 517 g/mol. The first-order chi connectivity index (χ1) is 16.7. The fourth-order valence-corrected chi connectivity index (χ4v) is 5.05. The van der Waals surface area contributed by atoms with Crippen molar-refractivity contribution in [3.8, 4) is 0 Å². The van der Waals surface area contributed by atoms with Crippen LogP contribution in [0.3, 0.4) is 0 Å². The van der Waals surface area contributed by atoms with Gasteiger partial charge in [0.1, 0.15) is 11.9 Å². The topological polar surface area (TPSA) is 74.8 Å². The van der Waals surface area contributed by atoms with Crippen LogP contribution in [0.4, 0.5) is 4.39 Å². The molecule has 182 valence electrons. The van der Waals surface area contributed by atoms with Gasteiger partial charge in [-0.15, -0.1) is 11.6 Å². The van der Waals surface area contributed by atoms with Gasteiger partial charge in [-0.2, -0.15) is 5.01 Å². The zero-order valence-corrected chi connectivity index (χ0v) is 20.4. The van der Waals surface area contributed by atoms with Gasteiger partial charge < -0.3 is 0 Å². The van der Waals surface area contributed by atoms with Crippen LogP contribution in [0.25, 0.3) is 0 Å². The van der Waals surface area contributed by atoms with E-state index in [0.29, 0.717) is 11.4 Å². The number of nitrogens with zero attached hydrogens (tertiary/aromatic N) is 2. The molecule has 0 bridgehead atoms. The molecule has 2 aromatic rings. The number of hydrogen-bond acceptors (Lipinski definition) is 4. The molecular formula is C26H23Cl2FN2O4. The smallest absolute Gasteiger partial charge is 0.273 e. The molecule has 1 aliphatic carbocycles. The number of amides is 3. The quantitative estimate of drug-likeness (QED) is 0.226. The Bertz CT molecular complexity index is 1180. The van der Waals surface area contributed by atoms with Crippen molar-refractivity contribution in [2.24, 2.45) is 17.8 Å². The molecule has 0 aromatic heterocycles. The second kappa shape index (κ2) is 10.3. The monoisotopic (exact) mass is 516 g/mol. The summed E-state index contributed by atoms with van der Waals surface area (Å²) in [5, 5.41) is 2.16. The molecule has 0 N–H and O–H groups in total. The number of ketones is 1. The van der Waals surface area contributed by atoms with Gasteiger partial charge in [0.05, 0.1) is 11.8 Å². The van der Waals surface area contributed by atoms with Crippen LogP contribution in [-0.2, 0) is 9.59 Å². The van der Waals surface area contributed by atoms with Gasteiger partial charge in [0.2, 0.25) is 0 Å². The molecule has 0 saturated carbocycles. The summed E-state index contributed by atoms with van der Waals surface area (Å²) in [5.74, 6) is -4.37. The molecular weight excluding hydrogens is 494 g/mol. The number of hydrogen-bond donors (Lipinski definition) is 0. The SMILES string of the molecule is C[C@@H]1C=CC[C@@H]2C(=O)N(N(C(=O)c3ccc(Cl)cc3)[C@H](CCCl)C(=O)c3ccc(F)cc3)C(=O)[C@H]12. The number of alkyl halides is 1. The van der Waals surface area contributed by atoms with Gasteiger partial charge >= 0.3 is 0 Å². The molecule has 2 aromatic carbocycles. The second-order valence-electron chi connectivity index (χ2n) is 8.66.